The minimum atomic E-state index is -0.430. The van der Waals surface area contributed by atoms with E-state index < -0.39 is 5.41 Å². The molecule has 4 heteroatoms. The average molecular weight is 269 g/mol. The summed E-state index contributed by atoms with van der Waals surface area (Å²) in [6, 6.07) is 3.59. The van der Waals surface area contributed by atoms with Crippen LogP contribution in [0.15, 0.2) is 17.7 Å². The van der Waals surface area contributed by atoms with Crippen LogP contribution in [0.5, 0.6) is 0 Å². The molecule has 1 saturated carbocycles. The summed E-state index contributed by atoms with van der Waals surface area (Å²) in [5.41, 5.74) is -0.111. The van der Waals surface area contributed by atoms with E-state index in [0.717, 1.165) is 4.88 Å². The van der Waals surface area contributed by atoms with E-state index in [1.54, 1.807) is 12.1 Å². The van der Waals surface area contributed by atoms with Crippen LogP contribution in [0.1, 0.15) is 31.6 Å². The van der Waals surface area contributed by atoms with Crippen LogP contribution in [0.2, 0.25) is 4.34 Å². The molecular formula is C13H13ClO2S. The van der Waals surface area contributed by atoms with E-state index in [9.17, 15) is 9.59 Å². The third-order valence-electron chi connectivity index (χ3n) is 3.02. The van der Waals surface area contributed by atoms with Crippen LogP contribution in [0.4, 0.5) is 0 Å². The molecule has 0 saturated heterocycles. The van der Waals surface area contributed by atoms with Crippen LogP contribution in [-0.4, -0.2) is 11.6 Å². The Balaban J connectivity index is 2.38. The van der Waals surface area contributed by atoms with Gasteiger partial charge in [-0.15, -0.1) is 11.3 Å². The molecule has 0 radical (unpaired) electrons. The van der Waals surface area contributed by atoms with Crippen molar-refractivity contribution in [1.29, 1.82) is 0 Å². The highest BCUT2D eigenvalue weighted by Gasteiger charge is 2.37. The molecule has 0 aromatic carbocycles. The van der Waals surface area contributed by atoms with Gasteiger partial charge in [-0.25, -0.2) is 0 Å². The van der Waals surface area contributed by atoms with Gasteiger partial charge in [0.05, 0.1) is 9.91 Å². The number of ketones is 2. The molecule has 0 aliphatic heterocycles. The predicted molar refractivity (Wildman–Crippen MR) is 70.3 cm³/mol. The van der Waals surface area contributed by atoms with Gasteiger partial charge in [-0.1, -0.05) is 25.4 Å². The lowest BCUT2D eigenvalue weighted by molar-refractivity contribution is -0.130. The van der Waals surface area contributed by atoms with E-state index in [1.165, 1.54) is 11.3 Å². The van der Waals surface area contributed by atoms with Crippen molar-refractivity contribution in [3.05, 3.63) is 26.9 Å². The van der Waals surface area contributed by atoms with E-state index >= 15 is 0 Å². The van der Waals surface area contributed by atoms with E-state index in [1.807, 2.05) is 19.9 Å². The second kappa shape index (κ2) is 4.39. The fourth-order valence-electron chi connectivity index (χ4n) is 1.86. The highest BCUT2D eigenvalue weighted by Crippen LogP contribution is 2.35. The lowest BCUT2D eigenvalue weighted by Crippen LogP contribution is -2.34. The van der Waals surface area contributed by atoms with Crippen LogP contribution in [0, 0.1) is 5.41 Å². The molecule has 0 N–H and O–H groups in total. The number of allylic oxidation sites excluding steroid dienone is 1. The Bertz CT molecular complexity index is 511. The molecule has 1 aliphatic rings. The third kappa shape index (κ3) is 2.50. The third-order valence-corrected chi connectivity index (χ3v) is 4.20. The van der Waals surface area contributed by atoms with Gasteiger partial charge in [0.25, 0.3) is 0 Å². The highest BCUT2D eigenvalue weighted by atomic mass is 35.5. The molecule has 1 fully saturated rings. The zero-order valence-corrected chi connectivity index (χ0v) is 11.3. The summed E-state index contributed by atoms with van der Waals surface area (Å²) in [7, 11) is 0. The first-order valence-corrected chi connectivity index (χ1v) is 6.65. The molecule has 0 atom stereocenters. The van der Waals surface area contributed by atoms with E-state index in [4.69, 9.17) is 11.6 Å². The van der Waals surface area contributed by atoms with Crippen LogP contribution in [0.25, 0.3) is 6.08 Å². The van der Waals surface area contributed by atoms with Gasteiger partial charge in [0.15, 0.2) is 11.6 Å². The Labute approximate surface area is 109 Å². The fraction of sp³-hybridized carbons (Fsp3) is 0.385. The Hall–Kier alpha value is -0.930. The molecule has 2 nitrogen and oxygen atoms in total. The summed E-state index contributed by atoms with van der Waals surface area (Å²) in [4.78, 5) is 24.8. The van der Waals surface area contributed by atoms with Gasteiger partial charge in [0.2, 0.25) is 0 Å². The molecular weight excluding hydrogens is 256 g/mol. The fourth-order valence-corrected chi connectivity index (χ4v) is 2.86. The first kappa shape index (κ1) is 12.5. The van der Waals surface area contributed by atoms with Gasteiger partial charge in [-0.05, 0) is 24.6 Å². The van der Waals surface area contributed by atoms with Gasteiger partial charge in [0.1, 0.15) is 0 Å². The quantitative estimate of drug-likeness (QED) is 0.574. The van der Waals surface area contributed by atoms with Crippen LogP contribution >= 0.6 is 22.9 Å². The maximum absolute atomic E-state index is 12.2. The molecule has 1 aliphatic carbocycles. The number of carbonyl (C=O) groups excluding carboxylic acids is 2. The maximum Gasteiger partial charge on any atom is 0.172 e. The van der Waals surface area contributed by atoms with Gasteiger partial charge < -0.3 is 0 Å². The summed E-state index contributed by atoms with van der Waals surface area (Å²) >= 11 is 7.20. The monoisotopic (exact) mass is 268 g/mol. The molecule has 0 spiro atoms. The minimum Gasteiger partial charge on any atom is -0.294 e. The van der Waals surface area contributed by atoms with Gasteiger partial charge in [0, 0.05) is 16.7 Å². The minimum absolute atomic E-state index is 0.0566. The van der Waals surface area contributed by atoms with Crippen molar-refractivity contribution in [2.45, 2.75) is 26.7 Å². The lowest BCUT2D eigenvalue weighted by Gasteiger charge is -2.28. The summed E-state index contributed by atoms with van der Waals surface area (Å²) in [5, 5.41) is 0. The van der Waals surface area contributed by atoms with Crippen molar-refractivity contribution in [2.24, 2.45) is 5.41 Å². The predicted octanol–water partition coefficient (Wildman–Crippen LogP) is 3.74. The van der Waals surface area contributed by atoms with Crippen LogP contribution < -0.4 is 0 Å². The van der Waals surface area contributed by atoms with Crippen molar-refractivity contribution >= 4 is 40.6 Å². The number of halogens is 1. The first-order chi connectivity index (χ1) is 7.90. The number of hydrogen-bond acceptors (Lipinski definition) is 3. The number of rotatable bonds is 1. The second-order valence-electron chi connectivity index (χ2n) is 4.84. The van der Waals surface area contributed by atoms with Crippen LogP contribution in [-0.2, 0) is 9.59 Å². The molecule has 1 heterocycles. The lowest BCUT2D eigenvalue weighted by atomic mass is 9.73. The smallest absolute Gasteiger partial charge is 0.172 e. The molecule has 0 unspecified atom stereocenters. The number of carbonyl (C=O) groups is 2. The zero-order chi connectivity index (χ0) is 12.6. The topological polar surface area (TPSA) is 34.1 Å². The summed E-state index contributed by atoms with van der Waals surface area (Å²) in [6.45, 7) is 3.77. The zero-order valence-electron chi connectivity index (χ0n) is 9.75. The van der Waals surface area contributed by atoms with Crippen molar-refractivity contribution in [2.75, 3.05) is 0 Å². The van der Waals surface area contributed by atoms with Crippen molar-refractivity contribution in [3.8, 4) is 0 Å². The Kier molecular flexibility index (Phi) is 3.23. The Morgan fingerprint density at radius 1 is 1.35 bits per heavy atom. The standard InChI is InChI=1S/C13H13ClO2S/c1-13(2)6-5-10(15)9(12(13)16)7-8-3-4-11(14)17-8/h3-4,7H,5-6H2,1-2H3/b9-7+. The van der Waals surface area contributed by atoms with E-state index in [0.29, 0.717) is 22.8 Å². The van der Waals surface area contributed by atoms with Crippen molar-refractivity contribution in [1.82, 2.24) is 0 Å². The molecule has 90 valence electrons. The average Bonchev–Trinajstić information content (AvgIpc) is 2.66. The molecule has 17 heavy (non-hydrogen) atoms. The van der Waals surface area contributed by atoms with E-state index in [2.05, 4.69) is 0 Å². The molecule has 0 amide bonds. The summed E-state index contributed by atoms with van der Waals surface area (Å²) in [5.74, 6) is -0.114. The highest BCUT2D eigenvalue weighted by molar-refractivity contribution is 7.17. The number of hydrogen-bond donors (Lipinski definition) is 0. The molecule has 2 rings (SSSR count). The Morgan fingerprint density at radius 2 is 2.06 bits per heavy atom. The summed E-state index contributed by atoms with van der Waals surface area (Å²) < 4.78 is 0.659. The van der Waals surface area contributed by atoms with Gasteiger partial charge in [-0.3, -0.25) is 9.59 Å². The van der Waals surface area contributed by atoms with Crippen molar-refractivity contribution in [3.63, 3.8) is 0 Å². The molecule has 0 bridgehead atoms. The van der Waals surface area contributed by atoms with Gasteiger partial charge >= 0.3 is 0 Å². The normalized spacial score (nSPS) is 22.2. The number of Topliss-reactive ketones (excluding diaryl/α,β-unsaturated/α-hetero) is 2. The van der Waals surface area contributed by atoms with Crippen LogP contribution in [0.3, 0.4) is 0 Å². The first-order valence-electron chi connectivity index (χ1n) is 5.45. The number of thiophene rings is 1. The summed E-state index contributed by atoms with van der Waals surface area (Å²) in [6.07, 6.45) is 2.75. The van der Waals surface area contributed by atoms with Crippen molar-refractivity contribution < 1.29 is 9.59 Å². The SMILES string of the molecule is CC1(C)CCC(=O)/C(=C\c2ccc(Cl)s2)C1=O. The largest absolute Gasteiger partial charge is 0.294 e. The van der Waals surface area contributed by atoms with Gasteiger partial charge in [-0.2, -0.15) is 0 Å². The maximum atomic E-state index is 12.2. The Morgan fingerprint density at radius 3 is 2.65 bits per heavy atom. The molecule has 1 aromatic heterocycles. The van der Waals surface area contributed by atoms with E-state index in [-0.39, 0.29) is 11.6 Å². The second-order valence-corrected chi connectivity index (χ2v) is 6.58. The molecule has 1 aromatic rings.